The standard InChI is InChI=1S/C26H31F3N2/c1-19(2)21(4)31(17-23-8-5-7-20(3)15-23)18-25-9-6-14-30(25)16-22-10-12-24(13-11-22)26(27,28)29/h5-15,19,21H,16-18H2,1-4H3/t21-/m1/s1. The van der Waals surface area contributed by atoms with Crippen molar-refractivity contribution < 1.29 is 13.2 Å². The minimum Gasteiger partial charge on any atom is -0.346 e. The minimum atomic E-state index is -4.31. The topological polar surface area (TPSA) is 8.17 Å². The predicted octanol–water partition coefficient (Wildman–Crippen LogP) is 6.91. The Balaban J connectivity index is 1.77. The zero-order valence-electron chi connectivity index (χ0n) is 18.7. The van der Waals surface area contributed by atoms with Crippen LogP contribution in [0.4, 0.5) is 13.2 Å². The van der Waals surface area contributed by atoms with Gasteiger partial charge >= 0.3 is 6.18 Å². The van der Waals surface area contributed by atoms with Gasteiger partial charge in [0.15, 0.2) is 0 Å². The van der Waals surface area contributed by atoms with E-state index in [1.165, 1.54) is 11.1 Å². The number of nitrogens with zero attached hydrogens (tertiary/aromatic N) is 2. The van der Waals surface area contributed by atoms with Gasteiger partial charge in [-0.1, -0.05) is 55.8 Å². The molecule has 1 aromatic heterocycles. The summed E-state index contributed by atoms with van der Waals surface area (Å²) in [7, 11) is 0. The number of rotatable bonds is 8. The summed E-state index contributed by atoms with van der Waals surface area (Å²) in [5.41, 5.74) is 3.93. The Kier molecular flexibility index (Phi) is 7.26. The van der Waals surface area contributed by atoms with Crippen molar-refractivity contribution in [2.45, 2.75) is 59.5 Å². The van der Waals surface area contributed by atoms with Gasteiger partial charge < -0.3 is 4.57 Å². The van der Waals surface area contributed by atoms with Crippen molar-refractivity contribution in [3.8, 4) is 0 Å². The van der Waals surface area contributed by atoms with E-state index < -0.39 is 11.7 Å². The van der Waals surface area contributed by atoms with Crippen molar-refractivity contribution in [2.75, 3.05) is 0 Å². The maximum absolute atomic E-state index is 12.8. The predicted molar refractivity (Wildman–Crippen MR) is 120 cm³/mol. The lowest BCUT2D eigenvalue weighted by atomic mass is 10.0. The van der Waals surface area contributed by atoms with Crippen LogP contribution in [0.25, 0.3) is 0 Å². The number of aromatic nitrogens is 1. The molecule has 0 N–H and O–H groups in total. The Bertz CT molecular complexity index is 971. The SMILES string of the molecule is Cc1cccc(CN(Cc2cccn2Cc2ccc(C(F)(F)F)cc2)[C@H](C)C(C)C)c1. The lowest BCUT2D eigenvalue weighted by Gasteiger charge is -2.32. The van der Waals surface area contributed by atoms with Crippen molar-refractivity contribution in [3.63, 3.8) is 0 Å². The third-order valence-corrected chi connectivity index (χ3v) is 5.93. The van der Waals surface area contributed by atoms with Crippen molar-refractivity contribution in [1.29, 1.82) is 0 Å². The molecule has 0 aliphatic carbocycles. The molecule has 2 nitrogen and oxygen atoms in total. The third kappa shape index (κ3) is 6.23. The van der Waals surface area contributed by atoms with E-state index in [2.05, 4.69) is 67.5 Å². The van der Waals surface area contributed by atoms with Crippen molar-refractivity contribution >= 4 is 0 Å². The van der Waals surface area contributed by atoms with Gasteiger partial charge in [0.05, 0.1) is 5.56 Å². The van der Waals surface area contributed by atoms with Gasteiger partial charge in [0.2, 0.25) is 0 Å². The number of hydrogen-bond acceptors (Lipinski definition) is 1. The Morgan fingerprint density at radius 3 is 2.19 bits per heavy atom. The molecule has 0 radical (unpaired) electrons. The van der Waals surface area contributed by atoms with E-state index in [1.54, 1.807) is 12.1 Å². The maximum atomic E-state index is 12.8. The smallest absolute Gasteiger partial charge is 0.346 e. The fraction of sp³-hybridized carbons (Fsp3) is 0.385. The van der Waals surface area contributed by atoms with Gasteiger partial charge in [-0.25, -0.2) is 0 Å². The summed E-state index contributed by atoms with van der Waals surface area (Å²) in [6.07, 6.45) is -2.31. The molecule has 0 amide bonds. The van der Waals surface area contributed by atoms with Crippen LogP contribution in [-0.4, -0.2) is 15.5 Å². The quantitative estimate of drug-likeness (QED) is 0.378. The van der Waals surface area contributed by atoms with Crippen molar-refractivity contribution in [1.82, 2.24) is 9.47 Å². The molecule has 0 aliphatic rings. The van der Waals surface area contributed by atoms with E-state index >= 15 is 0 Å². The van der Waals surface area contributed by atoms with E-state index in [4.69, 9.17) is 0 Å². The van der Waals surface area contributed by atoms with Crippen LogP contribution < -0.4 is 0 Å². The first-order valence-corrected chi connectivity index (χ1v) is 10.7. The van der Waals surface area contributed by atoms with Crippen LogP contribution in [-0.2, 0) is 25.8 Å². The molecule has 3 aromatic rings. The van der Waals surface area contributed by atoms with Crippen molar-refractivity contribution in [2.24, 2.45) is 5.92 Å². The molecule has 2 aromatic carbocycles. The van der Waals surface area contributed by atoms with Gasteiger partial charge in [-0.05, 0) is 55.2 Å². The summed E-state index contributed by atoms with van der Waals surface area (Å²) < 4.78 is 40.6. The van der Waals surface area contributed by atoms with Gasteiger partial charge in [-0.15, -0.1) is 0 Å². The number of alkyl halides is 3. The third-order valence-electron chi connectivity index (χ3n) is 5.93. The molecule has 3 rings (SSSR count). The molecule has 166 valence electrons. The van der Waals surface area contributed by atoms with Crippen molar-refractivity contribution in [3.05, 3.63) is 94.8 Å². The van der Waals surface area contributed by atoms with Gasteiger partial charge in [-0.3, -0.25) is 4.90 Å². The van der Waals surface area contributed by atoms with E-state index in [1.807, 2.05) is 12.3 Å². The average molecular weight is 429 g/mol. The normalized spacial score (nSPS) is 13.2. The lowest BCUT2D eigenvalue weighted by molar-refractivity contribution is -0.137. The molecule has 0 aliphatic heterocycles. The molecule has 1 heterocycles. The number of aryl methyl sites for hydroxylation is 1. The van der Waals surface area contributed by atoms with Crippen LogP contribution in [0.2, 0.25) is 0 Å². The highest BCUT2D eigenvalue weighted by molar-refractivity contribution is 5.26. The van der Waals surface area contributed by atoms with Crippen LogP contribution >= 0.6 is 0 Å². The van der Waals surface area contributed by atoms with E-state index in [9.17, 15) is 13.2 Å². The molecule has 0 unspecified atom stereocenters. The molecule has 0 saturated carbocycles. The van der Waals surface area contributed by atoms with Crippen LogP contribution in [0.3, 0.4) is 0 Å². The minimum absolute atomic E-state index is 0.384. The first-order valence-electron chi connectivity index (χ1n) is 10.7. The Labute approximate surface area is 183 Å². The first kappa shape index (κ1) is 23.1. The molecular formula is C26H31F3N2. The summed E-state index contributed by atoms with van der Waals surface area (Å²) >= 11 is 0. The van der Waals surface area contributed by atoms with Crippen LogP contribution in [0.15, 0.2) is 66.9 Å². The molecule has 5 heteroatoms. The lowest BCUT2D eigenvalue weighted by Crippen LogP contribution is -2.36. The van der Waals surface area contributed by atoms with Gasteiger partial charge in [0.1, 0.15) is 0 Å². The van der Waals surface area contributed by atoms with Crippen LogP contribution in [0.5, 0.6) is 0 Å². The molecule has 0 bridgehead atoms. The summed E-state index contributed by atoms with van der Waals surface area (Å²) in [6.45, 7) is 11.0. The largest absolute Gasteiger partial charge is 0.416 e. The Hall–Kier alpha value is -2.53. The van der Waals surface area contributed by atoms with Crippen LogP contribution in [0.1, 0.15) is 48.7 Å². The molecule has 0 fully saturated rings. The second kappa shape index (κ2) is 9.73. The van der Waals surface area contributed by atoms with Gasteiger partial charge in [0, 0.05) is 37.6 Å². The summed E-state index contributed by atoms with van der Waals surface area (Å²) in [4.78, 5) is 2.47. The summed E-state index contributed by atoms with van der Waals surface area (Å²) in [5.74, 6) is 0.503. The van der Waals surface area contributed by atoms with E-state index in [0.29, 0.717) is 18.5 Å². The highest BCUT2D eigenvalue weighted by Crippen LogP contribution is 2.29. The Morgan fingerprint density at radius 1 is 0.871 bits per heavy atom. The number of hydrogen-bond donors (Lipinski definition) is 0. The van der Waals surface area contributed by atoms with Gasteiger partial charge in [0.25, 0.3) is 0 Å². The molecule has 31 heavy (non-hydrogen) atoms. The second-order valence-electron chi connectivity index (χ2n) is 8.70. The van der Waals surface area contributed by atoms with Gasteiger partial charge in [-0.2, -0.15) is 13.2 Å². The fourth-order valence-corrected chi connectivity index (χ4v) is 3.76. The molecular weight excluding hydrogens is 397 g/mol. The second-order valence-corrected chi connectivity index (χ2v) is 8.70. The first-order chi connectivity index (χ1) is 14.6. The highest BCUT2D eigenvalue weighted by Gasteiger charge is 2.30. The molecule has 1 atom stereocenters. The zero-order valence-corrected chi connectivity index (χ0v) is 18.7. The molecule has 0 spiro atoms. The average Bonchev–Trinajstić information content (AvgIpc) is 3.13. The van der Waals surface area contributed by atoms with E-state index in [0.717, 1.165) is 36.5 Å². The van der Waals surface area contributed by atoms with E-state index in [-0.39, 0.29) is 0 Å². The monoisotopic (exact) mass is 428 g/mol. The van der Waals surface area contributed by atoms with Crippen LogP contribution in [0, 0.1) is 12.8 Å². The Morgan fingerprint density at radius 2 is 1.58 bits per heavy atom. The summed E-state index contributed by atoms with van der Waals surface area (Å²) in [6, 6.07) is 18.5. The fourth-order valence-electron chi connectivity index (χ4n) is 3.76. The summed E-state index contributed by atoms with van der Waals surface area (Å²) in [5, 5.41) is 0. The maximum Gasteiger partial charge on any atom is 0.416 e. The molecule has 0 saturated heterocycles. The number of benzene rings is 2. The highest BCUT2D eigenvalue weighted by atomic mass is 19.4. The zero-order chi connectivity index (χ0) is 22.6. The number of halogens is 3.